The summed E-state index contributed by atoms with van der Waals surface area (Å²) in [7, 11) is 0. The summed E-state index contributed by atoms with van der Waals surface area (Å²) in [6.07, 6.45) is 2.16. The first-order valence-electron chi connectivity index (χ1n) is 8.07. The first-order valence-corrected chi connectivity index (χ1v) is 9.93. The SMILES string of the molecule is CCCCN(CC)C(=O)c1ccc(SCc2csc(C)n2)cc1. The van der Waals surface area contributed by atoms with Crippen molar-refractivity contribution in [1.82, 2.24) is 9.88 Å². The highest BCUT2D eigenvalue weighted by atomic mass is 32.2. The number of benzene rings is 1. The van der Waals surface area contributed by atoms with Crippen LogP contribution in [-0.4, -0.2) is 28.9 Å². The van der Waals surface area contributed by atoms with Crippen LogP contribution in [0.5, 0.6) is 0 Å². The van der Waals surface area contributed by atoms with Crippen LogP contribution in [0.1, 0.15) is 47.7 Å². The summed E-state index contributed by atoms with van der Waals surface area (Å²) in [4.78, 5) is 20.0. The molecule has 124 valence electrons. The van der Waals surface area contributed by atoms with Crippen molar-refractivity contribution in [3.05, 3.63) is 45.9 Å². The molecule has 0 fully saturated rings. The Morgan fingerprint density at radius 2 is 2.00 bits per heavy atom. The quantitative estimate of drug-likeness (QED) is 0.629. The predicted molar refractivity (Wildman–Crippen MR) is 99.3 cm³/mol. The van der Waals surface area contributed by atoms with E-state index >= 15 is 0 Å². The minimum Gasteiger partial charge on any atom is -0.339 e. The van der Waals surface area contributed by atoms with E-state index in [0.29, 0.717) is 0 Å². The number of rotatable bonds is 8. The summed E-state index contributed by atoms with van der Waals surface area (Å²) in [5.41, 5.74) is 1.89. The molecule has 1 heterocycles. The third-order valence-corrected chi connectivity index (χ3v) is 5.47. The lowest BCUT2D eigenvalue weighted by atomic mass is 10.2. The second kappa shape index (κ2) is 9.08. The normalized spacial score (nSPS) is 10.7. The van der Waals surface area contributed by atoms with E-state index in [9.17, 15) is 4.79 Å². The van der Waals surface area contributed by atoms with Gasteiger partial charge in [0.2, 0.25) is 0 Å². The van der Waals surface area contributed by atoms with Crippen LogP contribution < -0.4 is 0 Å². The number of aromatic nitrogens is 1. The molecule has 0 radical (unpaired) electrons. The van der Waals surface area contributed by atoms with Crippen molar-refractivity contribution < 1.29 is 4.79 Å². The molecule has 0 unspecified atom stereocenters. The molecule has 0 atom stereocenters. The topological polar surface area (TPSA) is 33.2 Å². The summed E-state index contributed by atoms with van der Waals surface area (Å²) in [6, 6.07) is 7.94. The molecule has 0 aliphatic carbocycles. The lowest BCUT2D eigenvalue weighted by Gasteiger charge is -2.20. The van der Waals surface area contributed by atoms with Crippen molar-refractivity contribution >= 4 is 29.0 Å². The number of hydrogen-bond donors (Lipinski definition) is 0. The Morgan fingerprint density at radius 3 is 2.57 bits per heavy atom. The predicted octanol–water partition coefficient (Wildman–Crippen LogP) is 5.01. The second-order valence-electron chi connectivity index (χ2n) is 5.41. The molecule has 0 saturated carbocycles. The average molecular weight is 349 g/mol. The maximum atomic E-state index is 12.5. The highest BCUT2D eigenvalue weighted by molar-refractivity contribution is 7.98. The van der Waals surface area contributed by atoms with Crippen LogP contribution in [0.4, 0.5) is 0 Å². The molecule has 0 N–H and O–H groups in total. The number of carbonyl (C=O) groups is 1. The molecule has 0 bridgehead atoms. The van der Waals surface area contributed by atoms with Gasteiger partial charge in [-0.05, 0) is 44.5 Å². The second-order valence-corrected chi connectivity index (χ2v) is 7.52. The Bertz CT molecular complexity index is 622. The van der Waals surface area contributed by atoms with Crippen LogP contribution in [0.25, 0.3) is 0 Å². The molecular weight excluding hydrogens is 324 g/mol. The van der Waals surface area contributed by atoms with Crippen LogP contribution in [0, 0.1) is 6.92 Å². The van der Waals surface area contributed by atoms with Crippen LogP contribution in [0.15, 0.2) is 34.5 Å². The third-order valence-electron chi connectivity index (χ3n) is 3.61. The van der Waals surface area contributed by atoms with Gasteiger partial charge in [-0.15, -0.1) is 23.1 Å². The van der Waals surface area contributed by atoms with E-state index in [1.54, 1.807) is 23.1 Å². The van der Waals surface area contributed by atoms with Crippen molar-refractivity contribution in [2.45, 2.75) is 44.3 Å². The molecule has 0 saturated heterocycles. The minimum atomic E-state index is 0.132. The number of thiazole rings is 1. The van der Waals surface area contributed by atoms with Gasteiger partial charge in [-0.2, -0.15) is 0 Å². The maximum absolute atomic E-state index is 12.5. The zero-order valence-electron chi connectivity index (χ0n) is 14.0. The molecule has 1 amide bonds. The zero-order valence-corrected chi connectivity index (χ0v) is 15.7. The van der Waals surface area contributed by atoms with E-state index in [-0.39, 0.29) is 5.91 Å². The van der Waals surface area contributed by atoms with Gasteiger partial charge in [-0.25, -0.2) is 4.98 Å². The molecule has 1 aromatic carbocycles. The van der Waals surface area contributed by atoms with E-state index in [1.807, 2.05) is 43.0 Å². The van der Waals surface area contributed by atoms with Crippen molar-refractivity contribution in [3.63, 3.8) is 0 Å². The number of nitrogens with zero attached hydrogens (tertiary/aromatic N) is 2. The van der Waals surface area contributed by atoms with Crippen molar-refractivity contribution in [2.24, 2.45) is 0 Å². The molecule has 1 aromatic heterocycles. The monoisotopic (exact) mass is 348 g/mol. The summed E-state index contributed by atoms with van der Waals surface area (Å²) in [6.45, 7) is 7.81. The summed E-state index contributed by atoms with van der Waals surface area (Å²) in [5, 5.41) is 3.21. The molecule has 0 aliphatic rings. The van der Waals surface area contributed by atoms with Gasteiger partial charge in [0.1, 0.15) is 0 Å². The lowest BCUT2D eigenvalue weighted by Crippen LogP contribution is -2.31. The number of thioether (sulfide) groups is 1. The molecule has 23 heavy (non-hydrogen) atoms. The summed E-state index contributed by atoms with van der Waals surface area (Å²) < 4.78 is 0. The fourth-order valence-electron chi connectivity index (χ4n) is 2.26. The van der Waals surface area contributed by atoms with E-state index in [4.69, 9.17) is 0 Å². The first-order chi connectivity index (χ1) is 11.1. The Labute approximate surface area is 147 Å². The Kier molecular flexibility index (Phi) is 7.12. The number of aryl methyl sites for hydroxylation is 1. The van der Waals surface area contributed by atoms with Crippen LogP contribution >= 0.6 is 23.1 Å². The fourth-order valence-corrected chi connectivity index (χ4v) is 3.77. The van der Waals surface area contributed by atoms with Crippen molar-refractivity contribution in [2.75, 3.05) is 13.1 Å². The van der Waals surface area contributed by atoms with E-state index in [0.717, 1.165) is 47.9 Å². The maximum Gasteiger partial charge on any atom is 0.253 e. The van der Waals surface area contributed by atoms with Gasteiger partial charge in [-0.3, -0.25) is 4.79 Å². The largest absolute Gasteiger partial charge is 0.339 e. The van der Waals surface area contributed by atoms with Gasteiger partial charge in [0.25, 0.3) is 5.91 Å². The van der Waals surface area contributed by atoms with E-state index in [1.165, 1.54) is 4.90 Å². The van der Waals surface area contributed by atoms with Crippen LogP contribution in [-0.2, 0) is 5.75 Å². The van der Waals surface area contributed by atoms with Crippen LogP contribution in [0.2, 0.25) is 0 Å². The Morgan fingerprint density at radius 1 is 1.26 bits per heavy atom. The molecule has 5 heteroatoms. The lowest BCUT2D eigenvalue weighted by molar-refractivity contribution is 0.0762. The van der Waals surface area contributed by atoms with Gasteiger partial charge < -0.3 is 4.90 Å². The summed E-state index contributed by atoms with van der Waals surface area (Å²) in [5.74, 6) is 1.00. The van der Waals surface area contributed by atoms with E-state index < -0.39 is 0 Å². The fraction of sp³-hybridized carbons (Fsp3) is 0.444. The molecular formula is C18H24N2OS2. The molecule has 2 rings (SSSR count). The van der Waals surface area contributed by atoms with Gasteiger partial charge in [0, 0.05) is 34.7 Å². The van der Waals surface area contributed by atoms with Gasteiger partial charge in [0.15, 0.2) is 0 Å². The van der Waals surface area contributed by atoms with E-state index in [2.05, 4.69) is 17.3 Å². The summed E-state index contributed by atoms with van der Waals surface area (Å²) >= 11 is 3.44. The zero-order chi connectivity index (χ0) is 16.7. The Hall–Kier alpha value is -1.33. The number of hydrogen-bond acceptors (Lipinski definition) is 4. The van der Waals surface area contributed by atoms with Crippen molar-refractivity contribution in [1.29, 1.82) is 0 Å². The highest BCUT2D eigenvalue weighted by Crippen LogP contribution is 2.24. The number of unbranched alkanes of at least 4 members (excludes halogenated alkanes) is 1. The highest BCUT2D eigenvalue weighted by Gasteiger charge is 2.13. The van der Waals surface area contributed by atoms with Gasteiger partial charge in [0.05, 0.1) is 10.7 Å². The van der Waals surface area contributed by atoms with Gasteiger partial charge in [-0.1, -0.05) is 13.3 Å². The molecule has 0 spiro atoms. The number of amides is 1. The molecule has 0 aliphatic heterocycles. The smallest absolute Gasteiger partial charge is 0.253 e. The number of carbonyl (C=O) groups excluding carboxylic acids is 1. The first kappa shape index (κ1) is 18.0. The molecule has 2 aromatic rings. The van der Waals surface area contributed by atoms with Crippen molar-refractivity contribution in [3.8, 4) is 0 Å². The Balaban J connectivity index is 1.93. The van der Waals surface area contributed by atoms with Gasteiger partial charge >= 0.3 is 0 Å². The average Bonchev–Trinajstić information content (AvgIpc) is 2.99. The molecule has 3 nitrogen and oxygen atoms in total. The standard InChI is InChI=1S/C18H24N2OS2/c1-4-6-11-20(5-2)18(21)15-7-9-17(10-8-15)23-13-16-12-22-14(3)19-16/h7-10,12H,4-6,11,13H2,1-3H3. The third kappa shape index (κ3) is 5.36. The minimum absolute atomic E-state index is 0.132. The van der Waals surface area contributed by atoms with Crippen LogP contribution in [0.3, 0.4) is 0 Å².